The zero-order valence-electron chi connectivity index (χ0n) is 9.16. The molecule has 0 unspecified atom stereocenters. The van der Waals surface area contributed by atoms with Gasteiger partial charge >= 0.3 is 0 Å². The van der Waals surface area contributed by atoms with Crippen molar-refractivity contribution in [3.05, 3.63) is 0 Å². The molecule has 0 bridgehead atoms. The molecular formula is C9H17NO6. The van der Waals surface area contributed by atoms with Crippen molar-refractivity contribution >= 4 is 12.2 Å². The highest BCUT2D eigenvalue weighted by Gasteiger charge is 2.33. The minimum atomic E-state index is -1.47. The molecule has 94 valence electrons. The highest BCUT2D eigenvalue weighted by atomic mass is 16.5. The van der Waals surface area contributed by atoms with E-state index in [1.54, 1.807) is 0 Å². The fraction of sp³-hybridized carbons (Fsp3) is 0.778. The van der Waals surface area contributed by atoms with Crippen molar-refractivity contribution in [2.24, 2.45) is 0 Å². The van der Waals surface area contributed by atoms with E-state index in [2.05, 4.69) is 5.32 Å². The Morgan fingerprint density at radius 2 is 2.06 bits per heavy atom. The van der Waals surface area contributed by atoms with Gasteiger partial charge in [0.2, 0.25) is 5.91 Å². The summed E-state index contributed by atoms with van der Waals surface area (Å²) in [7, 11) is 1.22. The molecule has 0 aromatic heterocycles. The summed E-state index contributed by atoms with van der Waals surface area (Å²) in [4.78, 5) is 21.5. The molecule has 4 N–H and O–H groups in total. The monoisotopic (exact) mass is 235 g/mol. The van der Waals surface area contributed by atoms with E-state index in [1.165, 1.54) is 14.0 Å². The third-order valence-corrected chi connectivity index (χ3v) is 2.06. The number of rotatable bonds is 7. The van der Waals surface area contributed by atoms with Gasteiger partial charge in [-0.3, -0.25) is 4.79 Å². The fourth-order valence-electron chi connectivity index (χ4n) is 1.25. The number of carbonyl (C=O) groups is 2. The van der Waals surface area contributed by atoms with Crippen LogP contribution in [0.1, 0.15) is 6.92 Å². The lowest BCUT2D eigenvalue weighted by molar-refractivity contribution is -0.132. The fourth-order valence-corrected chi connectivity index (χ4v) is 1.25. The molecule has 0 rings (SSSR count). The Kier molecular flexibility index (Phi) is 6.82. The van der Waals surface area contributed by atoms with Crippen molar-refractivity contribution in [3.8, 4) is 0 Å². The normalized spacial score (nSPS) is 18.3. The molecule has 0 aliphatic heterocycles. The first-order valence-electron chi connectivity index (χ1n) is 4.70. The van der Waals surface area contributed by atoms with Gasteiger partial charge in [-0.25, -0.2) is 0 Å². The van der Waals surface area contributed by atoms with Gasteiger partial charge < -0.3 is 30.2 Å². The van der Waals surface area contributed by atoms with Crippen LogP contribution in [-0.2, 0) is 14.3 Å². The van der Waals surface area contributed by atoms with Crippen LogP contribution in [0.15, 0.2) is 0 Å². The van der Waals surface area contributed by atoms with E-state index in [1.807, 2.05) is 0 Å². The Morgan fingerprint density at radius 3 is 2.38 bits per heavy atom. The quantitative estimate of drug-likeness (QED) is 0.360. The Morgan fingerprint density at radius 1 is 1.50 bits per heavy atom. The molecule has 0 fully saturated rings. The SMILES string of the molecule is CO[C@@H]([C@H](O)[C@H](O)CO)[C@@H](C=O)NC(C)=O. The van der Waals surface area contributed by atoms with Crippen LogP contribution < -0.4 is 5.32 Å². The average Bonchev–Trinajstić information content (AvgIpc) is 2.26. The van der Waals surface area contributed by atoms with Crippen LogP contribution in [0, 0.1) is 0 Å². The lowest BCUT2D eigenvalue weighted by Gasteiger charge is -2.28. The highest BCUT2D eigenvalue weighted by molar-refractivity contribution is 5.77. The lowest BCUT2D eigenvalue weighted by atomic mass is 10.0. The van der Waals surface area contributed by atoms with E-state index >= 15 is 0 Å². The summed E-state index contributed by atoms with van der Waals surface area (Å²) in [5, 5.41) is 29.6. The minimum Gasteiger partial charge on any atom is -0.394 e. The molecule has 0 radical (unpaired) electrons. The van der Waals surface area contributed by atoms with E-state index in [4.69, 9.17) is 9.84 Å². The highest BCUT2D eigenvalue weighted by Crippen LogP contribution is 2.07. The van der Waals surface area contributed by atoms with E-state index in [9.17, 15) is 19.8 Å². The van der Waals surface area contributed by atoms with Crippen molar-refractivity contribution in [2.45, 2.75) is 31.3 Å². The number of carbonyl (C=O) groups excluding carboxylic acids is 2. The Labute approximate surface area is 93.0 Å². The largest absolute Gasteiger partial charge is 0.394 e. The van der Waals surface area contributed by atoms with Crippen molar-refractivity contribution in [1.29, 1.82) is 0 Å². The number of methoxy groups -OCH3 is 1. The summed E-state index contributed by atoms with van der Waals surface area (Å²) in [6.45, 7) is 0.532. The molecule has 0 spiro atoms. The molecule has 16 heavy (non-hydrogen) atoms. The predicted octanol–water partition coefficient (Wildman–Crippen LogP) is -2.58. The summed E-state index contributed by atoms with van der Waals surface area (Å²) >= 11 is 0. The molecule has 0 heterocycles. The predicted molar refractivity (Wildman–Crippen MR) is 53.6 cm³/mol. The first-order chi connectivity index (χ1) is 7.47. The maximum absolute atomic E-state index is 10.8. The smallest absolute Gasteiger partial charge is 0.217 e. The molecule has 0 aromatic rings. The lowest BCUT2D eigenvalue weighted by Crippen LogP contribution is -2.54. The van der Waals surface area contributed by atoms with Gasteiger partial charge in [0, 0.05) is 14.0 Å². The van der Waals surface area contributed by atoms with E-state index < -0.39 is 36.9 Å². The molecule has 0 saturated carbocycles. The summed E-state index contributed by atoms with van der Waals surface area (Å²) < 4.78 is 4.82. The molecule has 0 saturated heterocycles. The Balaban J connectivity index is 4.65. The van der Waals surface area contributed by atoms with Crippen LogP contribution >= 0.6 is 0 Å². The maximum atomic E-state index is 10.8. The molecule has 1 amide bonds. The molecular weight excluding hydrogens is 218 g/mol. The third kappa shape index (κ3) is 4.23. The number of aldehydes is 1. The van der Waals surface area contributed by atoms with Crippen molar-refractivity contribution in [3.63, 3.8) is 0 Å². The van der Waals surface area contributed by atoms with Crippen LogP contribution in [0.2, 0.25) is 0 Å². The summed E-state index contributed by atoms with van der Waals surface area (Å²) in [5.74, 6) is -0.468. The van der Waals surface area contributed by atoms with Gasteiger partial charge in [-0.05, 0) is 0 Å². The van der Waals surface area contributed by atoms with E-state index in [-0.39, 0.29) is 0 Å². The number of amides is 1. The third-order valence-electron chi connectivity index (χ3n) is 2.06. The first-order valence-corrected chi connectivity index (χ1v) is 4.70. The summed E-state index contributed by atoms with van der Waals surface area (Å²) in [6, 6.07) is -1.08. The molecule has 7 nitrogen and oxygen atoms in total. The van der Waals surface area contributed by atoms with Gasteiger partial charge in [0.25, 0.3) is 0 Å². The van der Waals surface area contributed by atoms with Gasteiger partial charge in [0.15, 0.2) is 0 Å². The van der Waals surface area contributed by atoms with Crippen molar-refractivity contribution in [2.75, 3.05) is 13.7 Å². The molecule has 0 aliphatic carbocycles. The maximum Gasteiger partial charge on any atom is 0.217 e. The minimum absolute atomic E-state index is 0.392. The molecule has 4 atom stereocenters. The topological polar surface area (TPSA) is 116 Å². The van der Waals surface area contributed by atoms with Crippen LogP contribution in [0.25, 0.3) is 0 Å². The van der Waals surface area contributed by atoms with Crippen LogP contribution in [-0.4, -0.2) is 65.6 Å². The zero-order chi connectivity index (χ0) is 12.7. The second-order valence-electron chi connectivity index (χ2n) is 3.30. The average molecular weight is 235 g/mol. The second kappa shape index (κ2) is 7.29. The number of aliphatic hydroxyl groups is 3. The molecule has 0 aromatic carbocycles. The first kappa shape index (κ1) is 15.0. The van der Waals surface area contributed by atoms with E-state index in [0.717, 1.165) is 0 Å². The van der Waals surface area contributed by atoms with Gasteiger partial charge in [-0.2, -0.15) is 0 Å². The van der Waals surface area contributed by atoms with Crippen LogP contribution in [0.3, 0.4) is 0 Å². The van der Waals surface area contributed by atoms with E-state index in [0.29, 0.717) is 6.29 Å². The number of aliphatic hydroxyl groups excluding tert-OH is 3. The van der Waals surface area contributed by atoms with Gasteiger partial charge in [0.05, 0.1) is 6.61 Å². The van der Waals surface area contributed by atoms with Crippen molar-refractivity contribution < 1.29 is 29.6 Å². The Hall–Kier alpha value is -1.02. The Bertz CT molecular complexity index is 234. The van der Waals surface area contributed by atoms with Gasteiger partial charge in [-0.15, -0.1) is 0 Å². The second-order valence-corrected chi connectivity index (χ2v) is 3.30. The number of nitrogens with one attached hydrogen (secondary N) is 1. The summed E-state index contributed by atoms with van der Waals surface area (Å²) in [6.07, 6.45) is -3.65. The van der Waals surface area contributed by atoms with Crippen LogP contribution in [0.5, 0.6) is 0 Å². The number of hydrogen-bond donors (Lipinski definition) is 4. The zero-order valence-corrected chi connectivity index (χ0v) is 9.16. The van der Waals surface area contributed by atoms with Crippen LogP contribution in [0.4, 0.5) is 0 Å². The summed E-state index contributed by atoms with van der Waals surface area (Å²) in [5.41, 5.74) is 0. The van der Waals surface area contributed by atoms with Crippen molar-refractivity contribution in [1.82, 2.24) is 5.32 Å². The number of ether oxygens (including phenoxy) is 1. The molecule has 7 heteroatoms. The standard InChI is InChI=1S/C9H17NO6/c1-5(13)10-6(3-11)9(16-2)8(15)7(14)4-12/h3,6-9,12,14-15H,4H2,1-2H3,(H,10,13)/t6-,7-,8-,9-/m1/s1. The van der Waals surface area contributed by atoms with Gasteiger partial charge in [-0.1, -0.05) is 0 Å². The molecule has 0 aliphatic rings. The number of hydrogen-bond acceptors (Lipinski definition) is 6. The van der Waals surface area contributed by atoms with Gasteiger partial charge in [0.1, 0.15) is 30.6 Å².